The molecule has 0 atom stereocenters. The van der Waals surface area contributed by atoms with E-state index in [9.17, 15) is 10.1 Å². The lowest BCUT2D eigenvalue weighted by atomic mass is 9.96. The Morgan fingerprint density at radius 3 is 3.03 bits per heavy atom. The molecule has 0 spiro atoms. The fraction of sp³-hybridized carbons (Fsp3) is 0.286. The van der Waals surface area contributed by atoms with Crippen molar-refractivity contribution in [2.75, 3.05) is 11.1 Å². The van der Waals surface area contributed by atoms with Crippen LogP contribution in [0.2, 0.25) is 0 Å². The molecule has 0 radical (unpaired) electrons. The third kappa shape index (κ3) is 4.15. The number of hydrogen-bond donors (Lipinski definition) is 1. The number of nitrogens with one attached hydrogen (secondary N) is 1. The Balaban J connectivity index is 1.47. The molecule has 0 aliphatic heterocycles. The van der Waals surface area contributed by atoms with Crippen LogP contribution in [0.15, 0.2) is 42.3 Å². The van der Waals surface area contributed by atoms with Crippen LogP contribution in [-0.2, 0) is 24.2 Å². The van der Waals surface area contributed by atoms with E-state index in [1.807, 2.05) is 16.7 Å². The second-order valence-corrected chi connectivity index (χ2v) is 8.86. The van der Waals surface area contributed by atoms with E-state index in [0.717, 1.165) is 36.8 Å². The lowest BCUT2D eigenvalue weighted by Crippen LogP contribution is -2.14. The molecule has 4 rings (SSSR count). The smallest absolute Gasteiger partial charge is 0.235 e. The zero-order valence-corrected chi connectivity index (χ0v) is 17.9. The minimum atomic E-state index is -0.161. The zero-order chi connectivity index (χ0) is 20.9. The Morgan fingerprint density at radius 2 is 2.27 bits per heavy atom. The summed E-state index contributed by atoms with van der Waals surface area (Å²) in [5, 5.41) is 22.3. The van der Waals surface area contributed by atoms with Gasteiger partial charge in [0.1, 0.15) is 11.1 Å². The van der Waals surface area contributed by atoms with Gasteiger partial charge in [0, 0.05) is 29.4 Å². The SMILES string of the molecule is C=CCn1c(SCC(=O)Nc2sc3c(c2C#N)CCCC3)nnc1-c1cccnc1. The molecule has 0 bridgehead atoms. The number of nitriles is 1. The zero-order valence-electron chi connectivity index (χ0n) is 16.3. The van der Waals surface area contributed by atoms with Crippen LogP contribution in [0.3, 0.4) is 0 Å². The number of fused-ring (bicyclic) bond motifs is 1. The van der Waals surface area contributed by atoms with Crippen molar-refractivity contribution < 1.29 is 4.79 Å². The van der Waals surface area contributed by atoms with E-state index in [0.29, 0.717) is 28.1 Å². The van der Waals surface area contributed by atoms with Crippen LogP contribution in [0, 0.1) is 11.3 Å². The number of thioether (sulfide) groups is 1. The van der Waals surface area contributed by atoms with Crippen molar-refractivity contribution >= 4 is 34.0 Å². The van der Waals surface area contributed by atoms with Gasteiger partial charge < -0.3 is 5.32 Å². The van der Waals surface area contributed by atoms with Crippen molar-refractivity contribution in [2.45, 2.75) is 37.4 Å². The minimum absolute atomic E-state index is 0.161. The second-order valence-electron chi connectivity index (χ2n) is 6.81. The number of rotatable bonds is 7. The highest BCUT2D eigenvalue weighted by Gasteiger charge is 2.22. The van der Waals surface area contributed by atoms with Crippen molar-refractivity contribution in [3.8, 4) is 17.5 Å². The highest BCUT2D eigenvalue weighted by atomic mass is 32.2. The Morgan fingerprint density at radius 1 is 1.40 bits per heavy atom. The molecular weight excluding hydrogens is 416 g/mol. The minimum Gasteiger partial charge on any atom is -0.316 e. The van der Waals surface area contributed by atoms with E-state index in [4.69, 9.17) is 0 Å². The van der Waals surface area contributed by atoms with Crippen molar-refractivity contribution in [3.63, 3.8) is 0 Å². The van der Waals surface area contributed by atoms with E-state index >= 15 is 0 Å². The molecule has 3 aromatic rings. The second kappa shape index (κ2) is 9.24. The molecule has 0 fully saturated rings. The van der Waals surface area contributed by atoms with E-state index in [1.165, 1.54) is 28.0 Å². The highest BCUT2D eigenvalue weighted by molar-refractivity contribution is 7.99. The van der Waals surface area contributed by atoms with Gasteiger partial charge in [0.05, 0.1) is 11.3 Å². The van der Waals surface area contributed by atoms with Gasteiger partial charge in [0.2, 0.25) is 5.91 Å². The fourth-order valence-corrected chi connectivity index (χ4v) is 5.47. The van der Waals surface area contributed by atoms with Crippen molar-refractivity contribution in [1.82, 2.24) is 19.7 Å². The summed E-state index contributed by atoms with van der Waals surface area (Å²) in [6, 6.07) is 6.04. The third-order valence-electron chi connectivity index (χ3n) is 4.82. The van der Waals surface area contributed by atoms with Crippen LogP contribution in [0.4, 0.5) is 5.00 Å². The molecule has 1 N–H and O–H groups in total. The van der Waals surface area contributed by atoms with Gasteiger partial charge in [-0.15, -0.1) is 28.1 Å². The average molecular weight is 437 g/mol. The Hall–Kier alpha value is -2.96. The summed E-state index contributed by atoms with van der Waals surface area (Å²) in [6.07, 6.45) is 9.34. The van der Waals surface area contributed by atoms with Gasteiger partial charge in [-0.3, -0.25) is 14.3 Å². The third-order valence-corrected chi connectivity index (χ3v) is 6.99. The van der Waals surface area contributed by atoms with Gasteiger partial charge in [0.25, 0.3) is 0 Å². The molecule has 3 aromatic heterocycles. The van der Waals surface area contributed by atoms with E-state index in [2.05, 4.69) is 33.1 Å². The number of allylic oxidation sites excluding steroid dienone is 1. The maximum absolute atomic E-state index is 12.6. The van der Waals surface area contributed by atoms with Gasteiger partial charge in [-0.05, 0) is 43.4 Å². The number of aryl methyl sites for hydroxylation is 1. The first-order chi connectivity index (χ1) is 14.7. The normalized spacial score (nSPS) is 12.8. The monoisotopic (exact) mass is 436 g/mol. The number of nitrogens with zero attached hydrogens (tertiary/aromatic N) is 5. The molecule has 1 amide bonds. The van der Waals surface area contributed by atoms with E-state index in [1.54, 1.807) is 18.5 Å². The van der Waals surface area contributed by atoms with Gasteiger partial charge in [0.15, 0.2) is 11.0 Å². The predicted molar refractivity (Wildman–Crippen MR) is 118 cm³/mol. The molecule has 9 heteroatoms. The maximum Gasteiger partial charge on any atom is 0.235 e. The number of aromatic nitrogens is 4. The number of pyridine rings is 1. The van der Waals surface area contributed by atoms with Crippen LogP contribution < -0.4 is 5.32 Å². The molecule has 0 saturated carbocycles. The summed E-state index contributed by atoms with van der Waals surface area (Å²) in [5.41, 5.74) is 2.59. The summed E-state index contributed by atoms with van der Waals surface area (Å²) in [6.45, 7) is 4.33. The molecule has 0 unspecified atom stereocenters. The number of carbonyl (C=O) groups excluding carboxylic acids is 1. The van der Waals surface area contributed by atoms with Gasteiger partial charge in [-0.2, -0.15) is 5.26 Å². The van der Waals surface area contributed by atoms with Crippen LogP contribution in [0.25, 0.3) is 11.4 Å². The summed E-state index contributed by atoms with van der Waals surface area (Å²) < 4.78 is 1.91. The first-order valence-corrected chi connectivity index (χ1v) is 11.4. The molecule has 0 aromatic carbocycles. The topological polar surface area (TPSA) is 96.5 Å². The average Bonchev–Trinajstić information content (AvgIpc) is 3.33. The Kier molecular flexibility index (Phi) is 6.26. The molecule has 3 heterocycles. The molecule has 1 aliphatic carbocycles. The largest absolute Gasteiger partial charge is 0.316 e. The molecule has 7 nitrogen and oxygen atoms in total. The van der Waals surface area contributed by atoms with E-state index < -0.39 is 0 Å². The fourth-order valence-electron chi connectivity index (χ4n) is 3.46. The van der Waals surface area contributed by atoms with Crippen LogP contribution in [0.5, 0.6) is 0 Å². The summed E-state index contributed by atoms with van der Waals surface area (Å²) in [5.74, 6) is 0.699. The summed E-state index contributed by atoms with van der Waals surface area (Å²) in [7, 11) is 0. The molecule has 30 heavy (non-hydrogen) atoms. The summed E-state index contributed by atoms with van der Waals surface area (Å²) >= 11 is 2.84. The van der Waals surface area contributed by atoms with Crippen LogP contribution >= 0.6 is 23.1 Å². The Bertz CT molecular complexity index is 1110. The molecular formula is C21H20N6OS2. The van der Waals surface area contributed by atoms with Gasteiger partial charge in [-0.25, -0.2) is 0 Å². The predicted octanol–water partition coefficient (Wildman–Crippen LogP) is 4.07. The van der Waals surface area contributed by atoms with Crippen molar-refractivity contribution in [2.24, 2.45) is 0 Å². The standard InChI is InChI=1S/C21H20N6OS2/c1-2-10-27-19(14-6-5-9-23-12-14)25-26-21(27)29-13-18(28)24-20-16(11-22)15-7-3-4-8-17(15)30-20/h2,5-6,9,12H,1,3-4,7-8,10,13H2,(H,24,28). The number of carbonyl (C=O) groups is 1. The maximum atomic E-state index is 12.6. The van der Waals surface area contributed by atoms with Gasteiger partial charge >= 0.3 is 0 Å². The number of anilines is 1. The number of thiophene rings is 1. The Labute approximate surface area is 182 Å². The quantitative estimate of drug-likeness (QED) is 0.443. The summed E-state index contributed by atoms with van der Waals surface area (Å²) in [4.78, 5) is 18.0. The molecule has 0 saturated heterocycles. The van der Waals surface area contributed by atoms with Gasteiger partial charge in [-0.1, -0.05) is 17.8 Å². The van der Waals surface area contributed by atoms with Crippen molar-refractivity contribution in [3.05, 3.63) is 53.2 Å². The lowest BCUT2D eigenvalue weighted by molar-refractivity contribution is -0.113. The highest BCUT2D eigenvalue weighted by Crippen LogP contribution is 2.37. The first kappa shape index (κ1) is 20.3. The number of amides is 1. The molecule has 152 valence electrons. The lowest BCUT2D eigenvalue weighted by Gasteiger charge is -2.09. The van der Waals surface area contributed by atoms with Crippen LogP contribution in [-0.4, -0.2) is 31.4 Å². The molecule has 1 aliphatic rings. The van der Waals surface area contributed by atoms with Crippen LogP contribution in [0.1, 0.15) is 28.8 Å². The first-order valence-electron chi connectivity index (χ1n) is 9.63. The number of hydrogen-bond acceptors (Lipinski definition) is 7. The van der Waals surface area contributed by atoms with E-state index in [-0.39, 0.29) is 11.7 Å². The van der Waals surface area contributed by atoms with Crippen molar-refractivity contribution in [1.29, 1.82) is 5.26 Å².